The minimum Gasteiger partial charge on any atom is -0.409 e. The monoisotopic (exact) mass is 237 g/mol. The minimum absolute atomic E-state index is 0.162. The molecule has 3 N–H and O–H groups in total. The normalized spacial score (nSPS) is 26.1. The standard InChI is InChI=1S/C12H19N3O2/c1-17-10-5-2-4-9(8-10)15-7-3-6-11(15)12(13)14-16/h3,6-7,9-10,16H,2,4-5,8H2,1H3,(H2,13,14). The number of nitrogens with two attached hydrogens (primary N) is 1. The van der Waals surface area contributed by atoms with Crippen LogP contribution in [0.5, 0.6) is 0 Å². The van der Waals surface area contributed by atoms with Crippen molar-refractivity contribution in [2.75, 3.05) is 7.11 Å². The Kier molecular flexibility index (Phi) is 3.68. The molecule has 5 heteroatoms. The van der Waals surface area contributed by atoms with Crippen LogP contribution in [0.2, 0.25) is 0 Å². The summed E-state index contributed by atoms with van der Waals surface area (Å²) < 4.78 is 7.51. The Morgan fingerprint density at radius 2 is 2.41 bits per heavy atom. The molecule has 0 bridgehead atoms. The summed E-state index contributed by atoms with van der Waals surface area (Å²) in [5.41, 5.74) is 6.43. The van der Waals surface area contributed by atoms with Crippen LogP contribution in [0.25, 0.3) is 0 Å². The summed E-state index contributed by atoms with van der Waals surface area (Å²) in [6.07, 6.45) is 6.66. The molecule has 2 rings (SSSR count). The van der Waals surface area contributed by atoms with E-state index in [1.807, 2.05) is 18.3 Å². The fourth-order valence-corrected chi connectivity index (χ4v) is 2.57. The van der Waals surface area contributed by atoms with Gasteiger partial charge in [0.05, 0.1) is 11.8 Å². The predicted molar refractivity (Wildman–Crippen MR) is 65.2 cm³/mol. The molecule has 1 aliphatic rings. The first kappa shape index (κ1) is 12.0. The van der Waals surface area contributed by atoms with Crippen molar-refractivity contribution in [3.63, 3.8) is 0 Å². The van der Waals surface area contributed by atoms with Gasteiger partial charge in [0.15, 0.2) is 5.84 Å². The molecular weight excluding hydrogens is 218 g/mol. The van der Waals surface area contributed by atoms with Crippen molar-refractivity contribution in [2.45, 2.75) is 37.8 Å². The van der Waals surface area contributed by atoms with E-state index in [0.29, 0.717) is 12.1 Å². The average molecular weight is 237 g/mol. The summed E-state index contributed by atoms with van der Waals surface area (Å²) in [4.78, 5) is 0. The van der Waals surface area contributed by atoms with E-state index in [1.165, 1.54) is 0 Å². The molecular formula is C12H19N3O2. The minimum atomic E-state index is 0.162. The molecule has 0 radical (unpaired) electrons. The van der Waals surface area contributed by atoms with Crippen LogP contribution in [0.3, 0.4) is 0 Å². The fourth-order valence-electron chi connectivity index (χ4n) is 2.57. The molecule has 1 fully saturated rings. The number of amidine groups is 1. The van der Waals surface area contributed by atoms with Crippen molar-refractivity contribution in [1.82, 2.24) is 4.57 Å². The molecule has 0 saturated heterocycles. The van der Waals surface area contributed by atoms with Gasteiger partial charge in [-0.05, 0) is 37.8 Å². The Labute approximate surface area is 101 Å². The number of rotatable bonds is 3. The van der Waals surface area contributed by atoms with Gasteiger partial charge in [-0.25, -0.2) is 0 Å². The molecule has 94 valence electrons. The second kappa shape index (κ2) is 5.23. The number of ether oxygens (including phenoxy) is 1. The van der Waals surface area contributed by atoms with Gasteiger partial charge in [-0.15, -0.1) is 0 Å². The van der Waals surface area contributed by atoms with Crippen LogP contribution >= 0.6 is 0 Å². The van der Waals surface area contributed by atoms with Crippen molar-refractivity contribution < 1.29 is 9.94 Å². The van der Waals surface area contributed by atoms with E-state index < -0.39 is 0 Å². The third-order valence-corrected chi connectivity index (χ3v) is 3.47. The summed E-state index contributed by atoms with van der Waals surface area (Å²) in [6, 6.07) is 4.16. The lowest BCUT2D eigenvalue weighted by Crippen LogP contribution is -2.27. The highest BCUT2D eigenvalue weighted by molar-refractivity contribution is 5.95. The fraction of sp³-hybridized carbons (Fsp3) is 0.583. The van der Waals surface area contributed by atoms with Gasteiger partial charge < -0.3 is 20.2 Å². The molecule has 1 aliphatic carbocycles. The van der Waals surface area contributed by atoms with Crippen molar-refractivity contribution in [1.29, 1.82) is 0 Å². The SMILES string of the molecule is COC1CCCC(n2cccc2/C(N)=N/O)C1. The first-order chi connectivity index (χ1) is 8.26. The van der Waals surface area contributed by atoms with Crippen LogP contribution in [0.4, 0.5) is 0 Å². The maximum absolute atomic E-state index is 8.75. The van der Waals surface area contributed by atoms with Crippen molar-refractivity contribution in [3.05, 3.63) is 24.0 Å². The average Bonchev–Trinajstić information content (AvgIpc) is 2.87. The molecule has 2 atom stereocenters. The summed E-state index contributed by atoms with van der Waals surface area (Å²) in [5, 5.41) is 11.8. The van der Waals surface area contributed by atoms with Crippen LogP contribution in [0, 0.1) is 0 Å². The van der Waals surface area contributed by atoms with E-state index in [4.69, 9.17) is 15.7 Å². The van der Waals surface area contributed by atoms with Gasteiger partial charge in [0, 0.05) is 19.3 Å². The molecule has 0 aliphatic heterocycles. The predicted octanol–water partition coefficient (Wildman–Crippen LogP) is 1.71. The Bertz CT molecular complexity index is 400. The summed E-state index contributed by atoms with van der Waals surface area (Å²) in [7, 11) is 1.76. The smallest absolute Gasteiger partial charge is 0.186 e. The molecule has 2 unspecified atom stereocenters. The van der Waals surface area contributed by atoms with E-state index >= 15 is 0 Å². The lowest BCUT2D eigenvalue weighted by atomic mass is 9.92. The lowest BCUT2D eigenvalue weighted by molar-refractivity contribution is 0.0530. The Balaban J connectivity index is 2.19. The molecule has 1 saturated carbocycles. The van der Waals surface area contributed by atoms with E-state index in [9.17, 15) is 0 Å². The Hall–Kier alpha value is -1.49. The van der Waals surface area contributed by atoms with E-state index in [2.05, 4.69) is 9.72 Å². The molecule has 5 nitrogen and oxygen atoms in total. The summed E-state index contributed by atoms with van der Waals surface area (Å²) in [5.74, 6) is 0.162. The highest BCUT2D eigenvalue weighted by Crippen LogP contribution is 2.31. The van der Waals surface area contributed by atoms with Gasteiger partial charge in [0.25, 0.3) is 0 Å². The molecule has 17 heavy (non-hydrogen) atoms. The highest BCUT2D eigenvalue weighted by Gasteiger charge is 2.24. The maximum atomic E-state index is 8.75. The lowest BCUT2D eigenvalue weighted by Gasteiger charge is -2.30. The molecule has 1 aromatic heterocycles. The molecule has 1 aromatic rings. The largest absolute Gasteiger partial charge is 0.409 e. The third kappa shape index (κ3) is 2.44. The Morgan fingerprint density at radius 1 is 1.59 bits per heavy atom. The van der Waals surface area contributed by atoms with Gasteiger partial charge in [-0.2, -0.15) is 0 Å². The number of oxime groups is 1. The van der Waals surface area contributed by atoms with Crippen LogP contribution in [-0.4, -0.2) is 28.8 Å². The Morgan fingerprint density at radius 3 is 3.12 bits per heavy atom. The van der Waals surface area contributed by atoms with Crippen molar-refractivity contribution in [2.24, 2.45) is 10.9 Å². The summed E-state index contributed by atoms with van der Waals surface area (Å²) in [6.45, 7) is 0. The highest BCUT2D eigenvalue weighted by atomic mass is 16.5. The van der Waals surface area contributed by atoms with Crippen LogP contribution in [0.15, 0.2) is 23.5 Å². The second-order valence-electron chi connectivity index (χ2n) is 4.46. The van der Waals surface area contributed by atoms with Gasteiger partial charge >= 0.3 is 0 Å². The number of hydrogen-bond donors (Lipinski definition) is 2. The van der Waals surface area contributed by atoms with Crippen LogP contribution in [-0.2, 0) is 4.74 Å². The third-order valence-electron chi connectivity index (χ3n) is 3.47. The topological polar surface area (TPSA) is 72.8 Å². The van der Waals surface area contributed by atoms with E-state index in [-0.39, 0.29) is 5.84 Å². The van der Waals surface area contributed by atoms with Crippen LogP contribution in [0.1, 0.15) is 37.4 Å². The molecule has 0 aromatic carbocycles. The quantitative estimate of drug-likeness (QED) is 0.364. The van der Waals surface area contributed by atoms with Crippen molar-refractivity contribution in [3.8, 4) is 0 Å². The molecule has 0 amide bonds. The first-order valence-electron chi connectivity index (χ1n) is 5.93. The van der Waals surface area contributed by atoms with Gasteiger partial charge in [0.2, 0.25) is 0 Å². The molecule has 0 spiro atoms. The van der Waals surface area contributed by atoms with Crippen LogP contribution < -0.4 is 5.73 Å². The van der Waals surface area contributed by atoms with Gasteiger partial charge in [0.1, 0.15) is 0 Å². The first-order valence-corrected chi connectivity index (χ1v) is 5.93. The van der Waals surface area contributed by atoms with E-state index in [0.717, 1.165) is 31.4 Å². The number of hydrogen-bond acceptors (Lipinski definition) is 3. The number of methoxy groups -OCH3 is 1. The zero-order valence-corrected chi connectivity index (χ0v) is 10.0. The van der Waals surface area contributed by atoms with Gasteiger partial charge in [-0.3, -0.25) is 0 Å². The van der Waals surface area contributed by atoms with E-state index in [1.54, 1.807) is 7.11 Å². The zero-order chi connectivity index (χ0) is 12.3. The number of nitrogens with zero attached hydrogens (tertiary/aromatic N) is 2. The zero-order valence-electron chi connectivity index (χ0n) is 10.0. The summed E-state index contributed by atoms with van der Waals surface area (Å²) >= 11 is 0. The van der Waals surface area contributed by atoms with Gasteiger partial charge in [-0.1, -0.05) is 5.16 Å². The maximum Gasteiger partial charge on any atom is 0.186 e. The second-order valence-corrected chi connectivity index (χ2v) is 4.46. The molecule has 1 heterocycles. The van der Waals surface area contributed by atoms with Crippen molar-refractivity contribution >= 4 is 5.84 Å². The number of aromatic nitrogens is 1.